The molecule has 1 atom stereocenters. The summed E-state index contributed by atoms with van der Waals surface area (Å²) >= 11 is 0. The zero-order valence-corrected chi connectivity index (χ0v) is 13.2. The fourth-order valence-corrected chi connectivity index (χ4v) is 3.61. The van der Waals surface area contributed by atoms with Gasteiger partial charge in [0.2, 0.25) is 10.0 Å². The van der Waals surface area contributed by atoms with Gasteiger partial charge in [0.1, 0.15) is 10.7 Å². The van der Waals surface area contributed by atoms with Gasteiger partial charge >= 0.3 is 0 Å². The molecule has 1 aromatic heterocycles. The number of pyridine rings is 1. The van der Waals surface area contributed by atoms with Gasteiger partial charge < -0.3 is 14.4 Å². The molecule has 0 radical (unpaired) electrons. The average molecular weight is 327 g/mol. The molecule has 1 N–H and O–H groups in total. The van der Waals surface area contributed by atoms with Gasteiger partial charge in [0.15, 0.2) is 0 Å². The molecule has 2 fully saturated rings. The number of sulfonamides is 1. The monoisotopic (exact) mass is 327 g/mol. The molecular formula is C14H21N3O4S. The number of anilines is 1. The first kappa shape index (κ1) is 15.7. The van der Waals surface area contributed by atoms with Gasteiger partial charge in [-0.05, 0) is 25.0 Å². The summed E-state index contributed by atoms with van der Waals surface area (Å²) in [5.41, 5.74) is 0. The Morgan fingerprint density at radius 1 is 1.27 bits per heavy atom. The minimum Gasteiger partial charge on any atom is -0.378 e. The molecule has 2 aliphatic rings. The Hall–Kier alpha value is -1.22. The second-order valence-electron chi connectivity index (χ2n) is 5.44. The number of hydrogen-bond acceptors (Lipinski definition) is 6. The van der Waals surface area contributed by atoms with E-state index in [9.17, 15) is 8.42 Å². The van der Waals surface area contributed by atoms with Gasteiger partial charge in [0.25, 0.3) is 0 Å². The van der Waals surface area contributed by atoms with Crippen molar-refractivity contribution in [2.75, 3.05) is 44.4 Å². The van der Waals surface area contributed by atoms with E-state index in [0.29, 0.717) is 26.4 Å². The van der Waals surface area contributed by atoms with Crippen molar-refractivity contribution >= 4 is 15.8 Å². The van der Waals surface area contributed by atoms with Gasteiger partial charge in [-0.3, -0.25) is 0 Å². The maximum atomic E-state index is 12.2. The third kappa shape index (κ3) is 3.75. The van der Waals surface area contributed by atoms with Crippen LogP contribution in [0.3, 0.4) is 0 Å². The maximum absolute atomic E-state index is 12.2. The lowest BCUT2D eigenvalue weighted by Crippen LogP contribution is -2.36. The Morgan fingerprint density at radius 2 is 2.09 bits per heavy atom. The number of rotatable bonds is 5. The molecule has 22 heavy (non-hydrogen) atoms. The highest BCUT2D eigenvalue weighted by Crippen LogP contribution is 2.16. The molecule has 0 spiro atoms. The lowest BCUT2D eigenvalue weighted by Gasteiger charge is -2.27. The van der Waals surface area contributed by atoms with Gasteiger partial charge in [-0.15, -0.1) is 0 Å². The predicted molar refractivity (Wildman–Crippen MR) is 81.4 cm³/mol. The standard InChI is InChI=1S/C14H21N3O4S/c18-22(19,16-10-12-2-1-7-21-12)13-3-4-14(15-11-13)17-5-8-20-9-6-17/h3-4,11-12,16H,1-2,5-10H2/t12-/m0/s1. The zero-order valence-electron chi connectivity index (χ0n) is 12.4. The largest absolute Gasteiger partial charge is 0.378 e. The Balaban J connectivity index is 1.62. The number of hydrogen-bond donors (Lipinski definition) is 1. The predicted octanol–water partition coefficient (Wildman–Crippen LogP) is 0.375. The van der Waals surface area contributed by atoms with E-state index in [-0.39, 0.29) is 11.0 Å². The molecule has 0 bridgehead atoms. The Labute approximate surface area is 130 Å². The van der Waals surface area contributed by atoms with Crippen LogP contribution in [0.4, 0.5) is 5.82 Å². The number of morpholine rings is 1. The fourth-order valence-electron chi connectivity index (χ4n) is 2.60. The van der Waals surface area contributed by atoms with Gasteiger partial charge in [-0.2, -0.15) is 0 Å². The number of nitrogens with zero attached hydrogens (tertiary/aromatic N) is 2. The summed E-state index contributed by atoms with van der Waals surface area (Å²) in [7, 11) is -3.53. The van der Waals surface area contributed by atoms with Crippen LogP contribution in [-0.4, -0.2) is 59.0 Å². The topological polar surface area (TPSA) is 80.8 Å². The van der Waals surface area contributed by atoms with Crippen molar-refractivity contribution in [1.29, 1.82) is 0 Å². The number of aromatic nitrogens is 1. The van der Waals surface area contributed by atoms with E-state index in [2.05, 4.69) is 14.6 Å². The molecule has 0 aliphatic carbocycles. The van der Waals surface area contributed by atoms with E-state index < -0.39 is 10.0 Å². The first-order valence-electron chi connectivity index (χ1n) is 7.55. The van der Waals surface area contributed by atoms with E-state index >= 15 is 0 Å². The molecule has 3 rings (SSSR count). The van der Waals surface area contributed by atoms with Crippen LogP contribution in [-0.2, 0) is 19.5 Å². The Bertz CT molecular complexity index is 579. The van der Waals surface area contributed by atoms with E-state index in [4.69, 9.17) is 9.47 Å². The third-order valence-electron chi connectivity index (χ3n) is 3.89. The summed E-state index contributed by atoms with van der Waals surface area (Å²) in [6, 6.07) is 3.33. The SMILES string of the molecule is O=S(=O)(NC[C@@H]1CCCO1)c1ccc(N2CCOCC2)nc1. The van der Waals surface area contributed by atoms with Crippen LogP contribution in [0.25, 0.3) is 0 Å². The molecule has 2 aliphatic heterocycles. The maximum Gasteiger partial charge on any atom is 0.242 e. The Kier molecular flexibility index (Phi) is 4.92. The first-order valence-corrected chi connectivity index (χ1v) is 9.03. The van der Waals surface area contributed by atoms with Crippen molar-refractivity contribution in [2.45, 2.75) is 23.8 Å². The average Bonchev–Trinajstić information content (AvgIpc) is 3.08. The van der Waals surface area contributed by atoms with Gasteiger partial charge in [0.05, 0.1) is 19.3 Å². The normalized spacial score (nSPS) is 22.9. The fraction of sp³-hybridized carbons (Fsp3) is 0.643. The van der Waals surface area contributed by atoms with E-state index in [1.807, 2.05) is 0 Å². The molecule has 122 valence electrons. The third-order valence-corrected chi connectivity index (χ3v) is 5.30. The molecule has 7 nitrogen and oxygen atoms in total. The summed E-state index contributed by atoms with van der Waals surface area (Å²) in [5, 5.41) is 0. The van der Waals surface area contributed by atoms with Gasteiger partial charge in [-0.25, -0.2) is 18.1 Å². The first-order chi connectivity index (χ1) is 10.6. The molecular weight excluding hydrogens is 306 g/mol. The van der Waals surface area contributed by atoms with Crippen molar-refractivity contribution in [1.82, 2.24) is 9.71 Å². The summed E-state index contributed by atoms with van der Waals surface area (Å²) in [5.74, 6) is 0.779. The smallest absolute Gasteiger partial charge is 0.242 e. The number of nitrogens with one attached hydrogen (secondary N) is 1. The molecule has 8 heteroatoms. The summed E-state index contributed by atoms with van der Waals surface area (Å²) in [4.78, 5) is 6.53. The minimum absolute atomic E-state index is 0.0182. The van der Waals surface area contributed by atoms with Crippen LogP contribution in [0.15, 0.2) is 23.2 Å². The van der Waals surface area contributed by atoms with Crippen molar-refractivity contribution in [3.8, 4) is 0 Å². The van der Waals surface area contributed by atoms with Crippen LogP contribution < -0.4 is 9.62 Å². The summed E-state index contributed by atoms with van der Waals surface area (Å²) in [6.45, 7) is 3.91. The highest BCUT2D eigenvalue weighted by atomic mass is 32.2. The summed E-state index contributed by atoms with van der Waals surface area (Å²) < 4.78 is 37.8. The molecule has 0 aromatic carbocycles. The van der Waals surface area contributed by atoms with Crippen LogP contribution in [0.2, 0.25) is 0 Å². The molecule has 0 amide bonds. The van der Waals surface area contributed by atoms with Crippen molar-refractivity contribution < 1.29 is 17.9 Å². The molecule has 0 saturated carbocycles. The second kappa shape index (κ2) is 6.91. The van der Waals surface area contributed by atoms with Crippen molar-refractivity contribution in [2.24, 2.45) is 0 Å². The van der Waals surface area contributed by atoms with Crippen LogP contribution in [0.5, 0.6) is 0 Å². The molecule has 1 aromatic rings. The van der Waals surface area contributed by atoms with E-state index in [0.717, 1.165) is 31.7 Å². The van der Waals surface area contributed by atoms with Crippen molar-refractivity contribution in [3.05, 3.63) is 18.3 Å². The molecule has 2 saturated heterocycles. The van der Waals surface area contributed by atoms with Crippen LogP contribution in [0.1, 0.15) is 12.8 Å². The lowest BCUT2D eigenvalue weighted by molar-refractivity contribution is 0.114. The number of ether oxygens (including phenoxy) is 2. The quantitative estimate of drug-likeness (QED) is 0.842. The molecule has 3 heterocycles. The Morgan fingerprint density at radius 3 is 2.73 bits per heavy atom. The van der Waals surface area contributed by atoms with Crippen molar-refractivity contribution in [3.63, 3.8) is 0 Å². The van der Waals surface area contributed by atoms with Gasteiger partial charge in [0, 0.05) is 32.4 Å². The zero-order chi connectivity index (χ0) is 15.4. The summed E-state index contributed by atoms with van der Waals surface area (Å²) in [6.07, 6.45) is 3.28. The van der Waals surface area contributed by atoms with E-state index in [1.54, 1.807) is 12.1 Å². The minimum atomic E-state index is -3.53. The molecule has 0 unspecified atom stereocenters. The second-order valence-corrected chi connectivity index (χ2v) is 7.21. The van der Waals surface area contributed by atoms with Gasteiger partial charge in [-0.1, -0.05) is 0 Å². The van der Waals surface area contributed by atoms with E-state index in [1.165, 1.54) is 6.20 Å². The highest BCUT2D eigenvalue weighted by Gasteiger charge is 2.21. The van der Waals surface area contributed by atoms with Crippen LogP contribution in [0, 0.1) is 0 Å². The highest BCUT2D eigenvalue weighted by molar-refractivity contribution is 7.89. The lowest BCUT2D eigenvalue weighted by atomic mass is 10.2. The van der Waals surface area contributed by atoms with Crippen LogP contribution >= 0.6 is 0 Å².